The predicted octanol–water partition coefficient (Wildman–Crippen LogP) is 10.7. The Labute approximate surface area is 380 Å². The summed E-state index contributed by atoms with van der Waals surface area (Å²) < 4.78 is 22.0. The lowest BCUT2D eigenvalue weighted by Crippen LogP contribution is -2.59. The fourth-order valence-corrected chi connectivity index (χ4v) is 6.09. The first-order valence-electron chi connectivity index (χ1n) is 23.6. The van der Waals surface area contributed by atoms with Crippen molar-refractivity contribution in [3.8, 4) is 0 Å². The second-order valence-corrected chi connectivity index (χ2v) is 15.5. The number of aliphatic hydroxyl groups excluding tert-OH is 4. The number of hydrogen-bond donors (Lipinski definition) is 4. The van der Waals surface area contributed by atoms with Crippen LogP contribution in [0.1, 0.15) is 142 Å². The number of aliphatic hydroxyl groups is 4. The summed E-state index contributed by atoms with van der Waals surface area (Å²) in [7, 11) is 0. The highest BCUT2D eigenvalue weighted by molar-refractivity contribution is 5.70. The van der Waals surface area contributed by atoms with Crippen LogP contribution in [-0.4, -0.2) is 89.0 Å². The molecule has 0 aromatic rings. The van der Waals surface area contributed by atoms with Crippen LogP contribution in [0.2, 0.25) is 0 Å². The monoisotopic (exact) mass is 879 g/mol. The molecule has 354 valence electrons. The number of carbonyl (C=O) groups is 2. The van der Waals surface area contributed by atoms with Gasteiger partial charge < -0.3 is 39.4 Å². The highest BCUT2D eigenvalue weighted by Crippen LogP contribution is 2.22. The van der Waals surface area contributed by atoms with E-state index in [1.807, 2.05) is 24.3 Å². The quantitative estimate of drug-likeness (QED) is 0.0270. The molecule has 1 saturated heterocycles. The Hall–Kier alpha value is -3.90. The number of carbonyl (C=O) groups excluding carboxylic acids is 2. The average molecular weight is 879 g/mol. The number of esters is 2. The van der Waals surface area contributed by atoms with Crippen molar-refractivity contribution in [1.29, 1.82) is 0 Å². The maximum Gasteiger partial charge on any atom is 0.306 e. The van der Waals surface area contributed by atoms with E-state index in [-0.39, 0.29) is 26.1 Å². The molecule has 63 heavy (non-hydrogen) atoms. The molecule has 2 unspecified atom stereocenters. The largest absolute Gasteiger partial charge is 0.462 e. The first-order chi connectivity index (χ1) is 30.8. The molecule has 1 aliphatic rings. The van der Waals surface area contributed by atoms with Gasteiger partial charge in [0.05, 0.1) is 13.2 Å². The van der Waals surface area contributed by atoms with Gasteiger partial charge in [0, 0.05) is 12.8 Å². The van der Waals surface area contributed by atoms with Crippen LogP contribution < -0.4 is 0 Å². The molecule has 6 atom stereocenters. The van der Waals surface area contributed by atoms with Crippen molar-refractivity contribution >= 4 is 11.9 Å². The molecule has 0 aromatic carbocycles. The van der Waals surface area contributed by atoms with E-state index in [0.29, 0.717) is 12.8 Å². The Morgan fingerprint density at radius 1 is 0.492 bits per heavy atom. The van der Waals surface area contributed by atoms with Crippen LogP contribution in [0, 0.1) is 0 Å². The molecule has 4 N–H and O–H groups in total. The lowest BCUT2D eigenvalue weighted by Gasteiger charge is -2.39. The summed E-state index contributed by atoms with van der Waals surface area (Å²) in [5, 5.41) is 40.1. The third kappa shape index (κ3) is 33.3. The third-order valence-electron chi connectivity index (χ3n) is 9.85. The summed E-state index contributed by atoms with van der Waals surface area (Å²) in [5.41, 5.74) is 0. The van der Waals surface area contributed by atoms with Gasteiger partial charge in [0.1, 0.15) is 31.0 Å². The number of ether oxygens (including phenoxy) is 4. The molecule has 10 nitrogen and oxygen atoms in total. The summed E-state index contributed by atoms with van der Waals surface area (Å²) in [6, 6.07) is 0. The van der Waals surface area contributed by atoms with E-state index in [1.165, 1.54) is 51.4 Å². The summed E-state index contributed by atoms with van der Waals surface area (Å²) in [6.07, 6.45) is 52.2. The maximum atomic E-state index is 12.8. The number of rotatable bonds is 37. The van der Waals surface area contributed by atoms with Crippen molar-refractivity contribution in [3.05, 3.63) is 122 Å². The van der Waals surface area contributed by atoms with Gasteiger partial charge in [-0.15, -0.1) is 0 Å². The van der Waals surface area contributed by atoms with Gasteiger partial charge in [0.2, 0.25) is 0 Å². The molecule has 0 radical (unpaired) electrons. The van der Waals surface area contributed by atoms with Crippen LogP contribution in [0.25, 0.3) is 0 Å². The van der Waals surface area contributed by atoms with Crippen LogP contribution in [0.15, 0.2) is 122 Å². The van der Waals surface area contributed by atoms with Crippen LogP contribution >= 0.6 is 0 Å². The van der Waals surface area contributed by atoms with Crippen molar-refractivity contribution in [1.82, 2.24) is 0 Å². The van der Waals surface area contributed by atoms with Crippen molar-refractivity contribution in [2.45, 2.75) is 179 Å². The fourth-order valence-electron chi connectivity index (χ4n) is 6.09. The Balaban J connectivity index is 2.44. The van der Waals surface area contributed by atoms with Crippen LogP contribution in [0.4, 0.5) is 0 Å². The van der Waals surface area contributed by atoms with Gasteiger partial charge in [-0.1, -0.05) is 161 Å². The van der Waals surface area contributed by atoms with Gasteiger partial charge in [0.25, 0.3) is 0 Å². The van der Waals surface area contributed by atoms with Gasteiger partial charge in [-0.05, 0) is 89.9 Å². The number of hydrogen-bond acceptors (Lipinski definition) is 10. The zero-order chi connectivity index (χ0) is 45.9. The first-order valence-corrected chi connectivity index (χ1v) is 23.6. The summed E-state index contributed by atoms with van der Waals surface area (Å²) in [4.78, 5) is 25.3. The van der Waals surface area contributed by atoms with E-state index in [1.54, 1.807) is 0 Å². The van der Waals surface area contributed by atoms with E-state index >= 15 is 0 Å². The maximum absolute atomic E-state index is 12.8. The molecular weight excluding hydrogens is 797 g/mol. The van der Waals surface area contributed by atoms with Crippen molar-refractivity contribution in [2.24, 2.45) is 0 Å². The smallest absolute Gasteiger partial charge is 0.306 e. The van der Waals surface area contributed by atoms with Gasteiger partial charge in [-0.2, -0.15) is 0 Å². The zero-order valence-electron chi connectivity index (χ0n) is 38.5. The molecule has 0 saturated carbocycles. The Bertz CT molecular complexity index is 1430. The molecule has 10 heteroatoms. The van der Waals surface area contributed by atoms with E-state index in [9.17, 15) is 30.0 Å². The van der Waals surface area contributed by atoms with E-state index in [4.69, 9.17) is 18.9 Å². The first kappa shape index (κ1) is 57.1. The SMILES string of the molecule is CCCCC/C=C/C/C=C/C/C=C/C/C=C/C/C=C/CCC(=O)OC[C@@H](CO[C@H]1O[C@@H](CO)[C@@H](O)C(O)C1O)OC(=O)CC/C=C/C/C=C/C/C=C/C/C=C/C/C=C/CCCCC. The second-order valence-electron chi connectivity index (χ2n) is 15.5. The molecule has 1 heterocycles. The van der Waals surface area contributed by atoms with Crippen molar-refractivity contribution in [3.63, 3.8) is 0 Å². The molecule has 0 amide bonds. The lowest BCUT2D eigenvalue weighted by molar-refractivity contribution is -0.305. The third-order valence-corrected chi connectivity index (χ3v) is 9.85. The molecule has 1 aliphatic heterocycles. The topological polar surface area (TPSA) is 152 Å². The molecule has 1 fully saturated rings. The molecule has 0 aromatic heterocycles. The standard InChI is InChI=1S/C53H82O10/c1-3-5-7-9-11-13-15-17-19-21-23-25-27-29-31-33-35-37-39-41-48(55)60-44-46(45-61-53-52(59)51(58)50(57)47(43-54)63-53)62-49(56)42-40-38-36-34-32-30-28-26-24-22-20-18-16-14-12-10-8-6-4-2/h11-14,17-20,23-26,29-32,35-38,46-47,50-54,57-59H,3-10,15-16,21-22,27-28,33-34,39-45H2,1-2H3/b13-11+,14-12+,19-17+,20-18+,25-23+,26-24+,31-29+,32-30+,37-35+,38-36+/t46-,47-,50+,51?,52?,53-/m0/s1. The summed E-state index contributed by atoms with van der Waals surface area (Å²) >= 11 is 0. The van der Waals surface area contributed by atoms with Gasteiger partial charge >= 0.3 is 11.9 Å². The molecule has 0 spiro atoms. The number of allylic oxidation sites excluding steroid dienone is 20. The average Bonchev–Trinajstić information content (AvgIpc) is 3.28. The molecule has 0 bridgehead atoms. The highest BCUT2D eigenvalue weighted by Gasteiger charge is 2.44. The van der Waals surface area contributed by atoms with Crippen LogP contribution in [0.5, 0.6) is 0 Å². The van der Waals surface area contributed by atoms with E-state index in [0.717, 1.165) is 51.4 Å². The minimum Gasteiger partial charge on any atom is -0.462 e. The van der Waals surface area contributed by atoms with E-state index < -0.39 is 55.4 Å². The van der Waals surface area contributed by atoms with Crippen LogP contribution in [0.3, 0.4) is 0 Å². The van der Waals surface area contributed by atoms with Gasteiger partial charge in [-0.25, -0.2) is 0 Å². The Morgan fingerprint density at radius 2 is 0.873 bits per heavy atom. The van der Waals surface area contributed by atoms with Gasteiger partial charge in [0.15, 0.2) is 12.4 Å². The van der Waals surface area contributed by atoms with Crippen molar-refractivity contribution < 1.29 is 49.0 Å². The normalized spacial score (nSPS) is 20.6. The van der Waals surface area contributed by atoms with Crippen LogP contribution in [-0.2, 0) is 28.5 Å². The molecule has 0 aliphatic carbocycles. The second kappa shape index (κ2) is 42.1. The minimum atomic E-state index is -1.63. The number of unbranched alkanes of at least 4 members (excludes halogenated alkanes) is 6. The molecular formula is C53H82O10. The fraction of sp³-hybridized carbons (Fsp3) is 0.585. The predicted molar refractivity (Wildman–Crippen MR) is 256 cm³/mol. The minimum absolute atomic E-state index is 0.0832. The molecule has 1 rings (SSSR count). The summed E-state index contributed by atoms with van der Waals surface area (Å²) in [5.74, 6) is -1.01. The van der Waals surface area contributed by atoms with Gasteiger partial charge in [-0.3, -0.25) is 9.59 Å². The highest BCUT2D eigenvalue weighted by atomic mass is 16.7. The lowest BCUT2D eigenvalue weighted by atomic mass is 9.99. The van der Waals surface area contributed by atoms with E-state index in [2.05, 4.69) is 111 Å². The Kier molecular flexibility index (Phi) is 38.1. The zero-order valence-corrected chi connectivity index (χ0v) is 38.5. The summed E-state index contributed by atoms with van der Waals surface area (Å²) in [6.45, 7) is 3.19. The van der Waals surface area contributed by atoms with Crippen molar-refractivity contribution in [2.75, 3.05) is 19.8 Å². The Morgan fingerprint density at radius 3 is 1.27 bits per heavy atom.